The first-order valence-corrected chi connectivity index (χ1v) is 10.9. The van der Waals surface area contributed by atoms with Crippen molar-refractivity contribution >= 4 is 28.0 Å². The minimum atomic E-state index is -1.64. The van der Waals surface area contributed by atoms with Crippen LogP contribution >= 0.6 is 0 Å². The average Bonchev–Trinajstić information content (AvgIpc) is 2.89. The Kier molecular flexibility index (Phi) is 8.73. The van der Waals surface area contributed by atoms with Crippen molar-refractivity contribution in [2.45, 2.75) is 0 Å². The van der Waals surface area contributed by atoms with Gasteiger partial charge < -0.3 is 18.9 Å². The van der Waals surface area contributed by atoms with E-state index >= 15 is 0 Å². The molecule has 0 aliphatic rings. The van der Waals surface area contributed by atoms with Crippen LogP contribution in [0.25, 0.3) is 0 Å². The first-order valence-electron chi connectivity index (χ1n) is 10.9. The Balaban J connectivity index is 0.00000324. The van der Waals surface area contributed by atoms with Gasteiger partial charge in [0.2, 0.25) is 0 Å². The molecule has 0 aliphatic carbocycles. The molecule has 0 aliphatic heterocycles. The fourth-order valence-electron chi connectivity index (χ4n) is 4.80. The fraction of sp³-hybridized carbons (Fsp3) is 0.143. The molecule has 0 saturated heterocycles. The summed E-state index contributed by atoms with van der Waals surface area (Å²) in [6, 6.07) is 33.0. The molecule has 0 saturated carbocycles. The predicted molar refractivity (Wildman–Crippen MR) is 136 cm³/mol. The van der Waals surface area contributed by atoms with Gasteiger partial charge in [0, 0.05) is 0 Å². The average molecular weight is 462 g/mol. The van der Waals surface area contributed by atoms with Crippen LogP contribution in [0.15, 0.2) is 97.1 Å². The van der Waals surface area contributed by atoms with Crippen LogP contribution in [0.2, 0.25) is 0 Å². The summed E-state index contributed by atoms with van der Waals surface area (Å²) in [5, 5.41) is 0. The molecule has 4 rings (SSSR count). The first-order chi connectivity index (χ1) is 16.1. The van der Waals surface area contributed by atoms with Gasteiger partial charge in [-0.25, -0.2) is 0 Å². The number of ether oxygens (including phenoxy) is 4. The van der Waals surface area contributed by atoms with Crippen molar-refractivity contribution in [3.05, 3.63) is 97.1 Å². The zero-order valence-corrected chi connectivity index (χ0v) is 22.4. The second kappa shape index (κ2) is 11.5. The summed E-state index contributed by atoms with van der Waals surface area (Å²) in [5.41, 5.74) is 4.46. The molecular weight excluding hydrogens is 434 g/mol. The molecule has 0 spiro atoms. The van der Waals surface area contributed by atoms with Gasteiger partial charge in [0.15, 0.2) is 0 Å². The van der Waals surface area contributed by atoms with Crippen LogP contribution in [0.1, 0.15) is 0 Å². The quantitative estimate of drug-likeness (QED) is 0.349. The van der Waals surface area contributed by atoms with Gasteiger partial charge in [-0.05, 0) is 24.3 Å². The molecule has 4 aromatic rings. The maximum absolute atomic E-state index is 5.63. The second-order valence-electron chi connectivity index (χ2n) is 7.97. The van der Waals surface area contributed by atoms with E-state index in [-0.39, 0.29) is 29.6 Å². The third-order valence-electron chi connectivity index (χ3n) is 6.38. The van der Waals surface area contributed by atoms with E-state index in [9.17, 15) is 0 Å². The third-order valence-corrected chi connectivity index (χ3v) is 6.38. The van der Waals surface area contributed by atoms with E-state index in [0.29, 0.717) is 0 Å². The molecule has 168 valence electrons. The minimum Gasteiger partial charge on any atom is -0.497 e. The van der Waals surface area contributed by atoms with Gasteiger partial charge in [-0.3, -0.25) is 0 Å². The van der Waals surface area contributed by atoms with Gasteiger partial charge in [0.1, 0.15) is 29.1 Å². The Hall–Kier alpha value is -2.86. The Bertz CT molecular complexity index is 1050. The van der Waals surface area contributed by atoms with Gasteiger partial charge in [-0.1, -0.05) is 72.8 Å². The number of methoxy groups -OCH3 is 4. The van der Waals surface area contributed by atoms with E-state index < -0.39 is 6.15 Å². The fourth-order valence-corrected chi connectivity index (χ4v) is 4.80. The summed E-state index contributed by atoms with van der Waals surface area (Å²) < 4.78 is 22.5. The summed E-state index contributed by atoms with van der Waals surface area (Å²) >= 11 is 0. The van der Waals surface area contributed by atoms with Gasteiger partial charge in [-0.15, -0.1) is 0 Å². The Labute approximate surface area is 224 Å². The minimum absolute atomic E-state index is 0. The van der Waals surface area contributed by atoms with Gasteiger partial charge in [0.25, 0.3) is 0 Å². The van der Waals surface area contributed by atoms with Crippen LogP contribution in [0, 0.1) is 0 Å². The summed E-state index contributed by atoms with van der Waals surface area (Å²) in [4.78, 5) is 0. The van der Waals surface area contributed by atoms with Crippen molar-refractivity contribution in [1.29, 1.82) is 0 Å². The molecule has 0 heterocycles. The van der Waals surface area contributed by atoms with Gasteiger partial charge in [0.05, 0.1) is 28.4 Å². The Morgan fingerprint density at radius 1 is 0.412 bits per heavy atom. The van der Waals surface area contributed by atoms with Crippen molar-refractivity contribution in [2.24, 2.45) is 0 Å². The largest absolute Gasteiger partial charge is 1.00 e. The van der Waals surface area contributed by atoms with Crippen LogP contribution in [0.4, 0.5) is 0 Å². The Morgan fingerprint density at radius 3 is 0.853 bits per heavy atom. The molecule has 6 heteroatoms. The molecule has 0 aromatic heterocycles. The zero-order chi connectivity index (χ0) is 23.3. The van der Waals surface area contributed by atoms with Crippen LogP contribution in [-0.2, 0) is 0 Å². The smallest absolute Gasteiger partial charge is 0.497 e. The molecular formula is C28H28BNaO4. The summed E-state index contributed by atoms with van der Waals surface area (Å²) in [5.74, 6) is 3.19. The van der Waals surface area contributed by atoms with Crippen molar-refractivity contribution in [1.82, 2.24) is 0 Å². The van der Waals surface area contributed by atoms with Crippen molar-refractivity contribution in [3.8, 4) is 23.0 Å². The molecule has 0 N–H and O–H groups in total. The van der Waals surface area contributed by atoms with E-state index in [4.69, 9.17) is 18.9 Å². The van der Waals surface area contributed by atoms with E-state index in [1.165, 1.54) is 0 Å². The number of hydrogen-bond donors (Lipinski definition) is 0. The molecule has 0 unspecified atom stereocenters. The Morgan fingerprint density at radius 2 is 0.647 bits per heavy atom. The number of rotatable bonds is 8. The van der Waals surface area contributed by atoms with Crippen LogP contribution in [0.5, 0.6) is 23.0 Å². The molecule has 4 nitrogen and oxygen atoms in total. The van der Waals surface area contributed by atoms with E-state index in [2.05, 4.69) is 48.5 Å². The van der Waals surface area contributed by atoms with Crippen molar-refractivity contribution < 1.29 is 48.5 Å². The maximum atomic E-state index is 5.63. The summed E-state index contributed by atoms with van der Waals surface area (Å²) in [6.45, 7) is 0. The second-order valence-corrected chi connectivity index (χ2v) is 7.97. The first kappa shape index (κ1) is 25.8. The van der Waals surface area contributed by atoms with Crippen LogP contribution < -0.4 is 70.4 Å². The third kappa shape index (κ3) is 4.83. The predicted octanol–water partition coefficient (Wildman–Crippen LogP) is 0.102. The van der Waals surface area contributed by atoms with Gasteiger partial charge in [-0.2, -0.15) is 21.9 Å². The van der Waals surface area contributed by atoms with E-state index in [0.717, 1.165) is 44.8 Å². The van der Waals surface area contributed by atoms with Crippen LogP contribution in [-0.4, -0.2) is 34.6 Å². The van der Waals surface area contributed by atoms with E-state index in [1.807, 2.05) is 48.5 Å². The molecule has 0 fully saturated rings. The molecule has 0 bridgehead atoms. The number of hydrogen-bond acceptors (Lipinski definition) is 4. The molecule has 0 atom stereocenters. The molecule has 0 radical (unpaired) electrons. The summed E-state index contributed by atoms with van der Waals surface area (Å²) in [6.07, 6.45) is -1.64. The van der Waals surface area contributed by atoms with Crippen molar-refractivity contribution in [3.63, 3.8) is 0 Å². The van der Waals surface area contributed by atoms with Crippen LogP contribution in [0.3, 0.4) is 0 Å². The van der Waals surface area contributed by atoms with Gasteiger partial charge >= 0.3 is 29.6 Å². The molecule has 34 heavy (non-hydrogen) atoms. The monoisotopic (exact) mass is 462 g/mol. The van der Waals surface area contributed by atoms with E-state index in [1.54, 1.807) is 28.4 Å². The normalized spacial score (nSPS) is 10.7. The molecule has 0 amide bonds. The number of benzene rings is 4. The topological polar surface area (TPSA) is 36.9 Å². The SMILES string of the molecule is COc1cccc([B-](c2cccc(OC)c2)(c2cccc(OC)c2)c2cccc(OC)c2)c1.[Na+]. The zero-order valence-electron chi connectivity index (χ0n) is 20.4. The summed E-state index contributed by atoms with van der Waals surface area (Å²) in [7, 11) is 6.76. The maximum Gasteiger partial charge on any atom is 1.00 e. The van der Waals surface area contributed by atoms with Crippen molar-refractivity contribution in [2.75, 3.05) is 28.4 Å². The standard InChI is InChI=1S/C28H28BO4.Na/c1-30-25-13-5-9-21(17-25)29(22-10-6-14-26(18-22)31-2,23-11-7-15-27(19-23)32-3)24-12-8-16-28(20-24)33-4;/h5-20H,1-4H3;/q-1;+1. The molecule has 4 aromatic carbocycles.